The van der Waals surface area contributed by atoms with Crippen LogP contribution >= 0.6 is 11.6 Å². The minimum Gasteiger partial charge on any atom is -0.489 e. The number of nitrogen functional groups attached to an aromatic ring is 1. The van der Waals surface area contributed by atoms with E-state index in [1.54, 1.807) is 18.2 Å². The molecule has 0 spiro atoms. The summed E-state index contributed by atoms with van der Waals surface area (Å²) in [5.41, 5.74) is 8.79. The van der Waals surface area contributed by atoms with Gasteiger partial charge in [0.05, 0.1) is 11.6 Å². The summed E-state index contributed by atoms with van der Waals surface area (Å²) in [7, 11) is 0. The number of benzene rings is 2. The van der Waals surface area contributed by atoms with E-state index in [0.29, 0.717) is 22.9 Å². The normalized spacial score (nSPS) is 9.95. The molecule has 0 saturated heterocycles. The maximum absolute atomic E-state index is 8.77. The van der Waals surface area contributed by atoms with Crippen LogP contribution < -0.4 is 10.5 Å². The van der Waals surface area contributed by atoms with Crippen LogP contribution in [-0.4, -0.2) is 0 Å². The zero-order valence-corrected chi connectivity index (χ0v) is 11.2. The van der Waals surface area contributed by atoms with Gasteiger partial charge in [-0.1, -0.05) is 23.7 Å². The summed E-state index contributed by atoms with van der Waals surface area (Å²) in [6.45, 7) is 2.25. The molecule has 2 rings (SSSR count). The highest BCUT2D eigenvalue weighted by Gasteiger charge is 2.06. The fraction of sp³-hybridized carbons (Fsp3) is 0.133. The molecule has 0 aliphatic rings. The van der Waals surface area contributed by atoms with Gasteiger partial charge in [0.2, 0.25) is 0 Å². The highest BCUT2D eigenvalue weighted by Crippen LogP contribution is 2.25. The first kappa shape index (κ1) is 13.3. The summed E-state index contributed by atoms with van der Waals surface area (Å²) in [5.74, 6) is 0.737. The van der Waals surface area contributed by atoms with Crippen LogP contribution in [0.2, 0.25) is 5.02 Å². The molecule has 0 saturated carbocycles. The van der Waals surface area contributed by atoms with Crippen molar-refractivity contribution in [3.05, 3.63) is 58.1 Å². The number of hydrogen-bond donors (Lipinski definition) is 1. The van der Waals surface area contributed by atoms with E-state index >= 15 is 0 Å². The number of nitrogens with zero attached hydrogens (tertiary/aromatic N) is 1. The number of ether oxygens (including phenoxy) is 1. The standard InChI is InChI=1S/C15H13ClN2O/c1-10-14(18)3-2-4-15(10)19-9-12-6-5-11(8-17)7-13(12)16/h2-7H,9,18H2,1H3. The van der Waals surface area contributed by atoms with E-state index in [9.17, 15) is 0 Å². The van der Waals surface area contributed by atoms with Crippen molar-refractivity contribution in [2.24, 2.45) is 0 Å². The first-order valence-electron chi connectivity index (χ1n) is 5.78. The number of anilines is 1. The van der Waals surface area contributed by atoms with Gasteiger partial charge < -0.3 is 10.5 Å². The van der Waals surface area contributed by atoms with Crippen LogP contribution in [0, 0.1) is 18.3 Å². The first-order valence-corrected chi connectivity index (χ1v) is 6.16. The summed E-state index contributed by atoms with van der Waals surface area (Å²) in [5, 5.41) is 9.30. The summed E-state index contributed by atoms with van der Waals surface area (Å²) in [6.07, 6.45) is 0. The Bertz CT molecular complexity index is 647. The summed E-state index contributed by atoms with van der Waals surface area (Å²) < 4.78 is 5.71. The highest BCUT2D eigenvalue weighted by atomic mass is 35.5. The van der Waals surface area contributed by atoms with Gasteiger partial charge in [-0.25, -0.2) is 0 Å². The Morgan fingerprint density at radius 1 is 1.32 bits per heavy atom. The highest BCUT2D eigenvalue weighted by molar-refractivity contribution is 6.31. The molecule has 0 aliphatic carbocycles. The Kier molecular flexibility index (Phi) is 3.94. The topological polar surface area (TPSA) is 59.0 Å². The molecule has 0 heterocycles. The van der Waals surface area contributed by atoms with Crippen molar-refractivity contribution in [2.75, 3.05) is 5.73 Å². The summed E-state index contributed by atoms with van der Waals surface area (Å²) in [6, 6.07) is 12.7. The number of rotatable bonds is 3. The Hall–Kier alpha value is -2.18. The summed E-state index contributed by atoms with van der Waals surface area (Å²) in [4.78, 5) is 0. The van der Waals surface area contributed by atoms with Gasteiger partial charge in [0.15, 0.2) is 0 Å². The predicted molar refractivity (Wildman–Crippen MR) is 76.1 cm³/mol. The molecule has 2 aromatic rings. The maximum Gasteiger partial charge on any atom is 0.124 e. The van der Waals surface area contributed by atoms with Crippen molar-refractivity contribution in [2.45, 2.75) is 13.5 Å². The van der Waals surface area contributed by atoms with Gasteiger partial charge in [0.1, 0.15) is 12.4 Å². The lowest BCUT2D eigenvalue weighted by Gasteiger charge is -2.11. The average Bonchev–Trinajstić information content (AvgIpc) is 2.41. The Morgan fingerprint density at radius 2 is 2.11 bits per heavy atom. The number of nitrogens with two attached hydrogens (primary N) is 1. The number of nitriles is 1. The molecular formula is C15H13ClN2O. The molecule has 0 amide bonds. The van der Waals surface area contributed by atoms with E-state index in [1.165, 1.54) is 0 Å². The zero-order valence-electron chi connectivity index (χ0n) is 10.5. The lowest BCUT2D eigenvalue weighted by molar-refractivity contribution is 0.304. The number of halogens is 1. The third-order valence-electron chi connectivity index (χ3n) is 2.89. The van der Waals surface area contributed by atoms with Gasteiger partial charge >= 0.3 is 0 Å². The molecule has 19 heavy (non-hydrogen) atoms. The van der Waals surface area contributed by atoms with Crippen LogP contribution in [-0.2, 0) is 6.61 Å². The molecule has 0 aromatic heterocycles. The summed E-state index contributed by atoms with van der Waals surface area (Å²) >= 11 is 6.09. The smallest absolute Gasteiger partial charge is 0.124 e. The van der Waals surface area contributed by atoms with Crippen molar-refractivity contribution < 1.29 is 4.74 Å². The third-order valence-corrected chi connectivity index (χ3v) is 3.24. The lowest BCUT2D eigenvalue weighted by atomic mass is 10.1. The molecule has 0 atom stereocenters. The Balaban J connectivity index is 2.15. The second-order valence-corrected chi connectivity index (χ2v) is 4.58. The predicted octanol–water partition coefficient (Wildman–Crippen LogP) is 3.68. The van der Waals surface area contributed by atoms with Crippen molar-refractivity contribution in [3.8, 4) is 11.8 Å². The maximum atomic E-state index is 8.77. The van der Waals surface area contributed by atoms with E-state index in [2.05, 4.69) is 0 Å². The van der Waals surface area contributed by atoms with Crippen LogP contribution in [0.4, 0.5) is 5.69 Å². The fourth-order valence-corrected chi connectivity index (χ4v) is 1.91. The van der Waals surface area contributed by atoms with E-state index in [1.807, 2.05) is 31.2 Å². The molecule has 4 heteroatoms. The van der Waals surface area contributed by atoms with E-state index < -0.39 is 0 Å². The molecule has 2 N–H and O–H groups in total. The first-order chi connectivity index (χ1) is 9.11. The van der Waals surface area contributed by atoms with Gasteiger partial charge in [-0.3, -0.25) is 0 Å². The van der Waals surface area contributed by atoms with Gasteiger partial charge in [0, 0.05) is 21.8 Å². The van der Waals surface area contributed by atoms with Crippen LogP contribution in [0.15, 0.2) is 36.4 Å². The molecule has 0 aliphatic heterocycles. The molecule has 0 radical (unpaired) electrons. The largest absolute Gasteiger partial charge is 0.489 e. The van der Waals surface area contributed by atoms with E-state index in [-0.39, 0.29) is 0 Å². The van der Waals surface area contributed by atoms with Crippen LogP contribution in [0.5, 0.6) is 5.75 Å². The average molecular weight is 273 g/mol. The molecule has 96 valence electrons. The SMILES string of the molecule is Cc1c(N)cccc1OCc1ccc(C#N)cc1Cl. The molecule has 2 aromatic carbocycles. The molecule has 0 unspecified atom stereocenters. The Morgan fingerprint density at radius 3 is 2.79 bits per heavy atom. The molecular weight excluding hydrogens is 260 g/mol. The minimum atomic E-state index is 0.342. The van der Waals surface area contributed by atoms with Crippen molar-refractivity contribution in [1.29, 1.82) is 5.26 Å². The molecule has 3 nitrogen and oxygen atoms in total. The number of hydrogen-bond acceptors (Lipinski definition) is 3. The quantitative estimate of drug-likeness (QED) is 0.867. The van der Waals surface area contributed by atoms with Gasteiger partial charge in [-0.05, 0) is 31.2 Å². The second kappa shape index (κ2) is 5.64. The van der Waals surface area contributed by atoms with E-state index in [4.69, 9.17) is 27.3 Å². The van der Waals surface area contributed by atoms with Crippen LogP contribution in [0.1, 0.15) is 16.7 Å². The second-order valence-electron chi connectivity index (χ2n) is 4.18. The van der Waals surface area contributed by atoms with Crippen LogP contribution in [0.25, 0.3) is 0 Å². The molecule has 0 fully saturated rings. The van der Waals surface area contributed by atoms with Gasteiger partial charge in [-0.15, -0.1) is 0 Å². The van der Waals surface area contributed by atoms with E-state index in [0.717, 1.165) is 16.9 Å². The lowest BCUT2D eigenvalue weighted by Crippen LogP contribution is -2.00. The zero-order chi connectivity index (χ0) is 13.8. The van der Waals surface area contributed by atoms with Crippen LogP contribution in [0.3, 0.4) is 0 Å². The molecule has 0 bridgehead atoms. The van der Waals surface area contributed by atoms with Crippen molar-refractivity contribution in [3.63, 3.8) is 0 Å². The fourth-order valence-electron chi connectivity index (χ4n) is 1.68. The van der Waals surface area contributed by atoms with Gasteiger partial charge in [-0.2, -0.15) is 5.26 Å². The minimum absolute atomic E-state index is 0.342. The van der Waals surface area contributed by atoms with Crippen molar-refractivity contribution >= 4 is 17.3 Å². The third kappa shape index (κ3) is 2.98. The Labute approximate surface area is 117 Å². The monoisotopic (exact) mass is 272 g/mol. The van der Waals surface area contributed by atoms with Crippen molar-refractivity contribution in [1.82, 2.24) is 0 Å². The van der Waals surface area contributed by atoms with Gasteiger partial charge in [0.25, 0.3) is 0 Å².